The molecule has 9 heteroatoms. The summed E-state index contributed by atoms with van der Waals surface area (Å²) in [6.45, 7) is 1.37. The Bertz CT molecular complexity index is 612. The van der Waals surface area contributed by atoms with E-state index in [2.05, 4.69) is 15.6 Å². The Morgan fingerprint density at radius 3 is 2.80 bits per heavy atom. The summed E-state index contributed by atoms with van der Waals surface area (Å²) in [6.07, 6.45) is 5.24. The first-order valence-electron chi connectivity index (χ1n) is 8.30. The molecule has 0 bridgehead atoms. The zero-order valence-electron chi connectivity index (χ0n) is 14.2. The molecule has 3 N–H and O–H groups in total. The molecule has 1 aromatic heterocycles. The molecule has 1 aliphatic heterocycles. The number of rotatable bonds is 6. The normalized spacial score (nSPS) is 18.4. The zero-order valence-corrected chi connectivity index (χ0v) is 14.2. The van der Waals surface area contributed by atoms with Gasteiger partial charge < -0.3 is 25.0 Å². The van der Waals surface area contributed by atoms with Crippen molar-refractivity contribution in [2.45, 2.75) is 38.3 Å². The molecule has 2 aliphatic rings. The Morgan fingerprint density at radius 2 is 2.16 bits per heavy atom. The second kappa shape index (κ2) is 9.16. The highest BCUT2D eigenvalue weighted by molar-refractivity contribution is 5.94. The molecule has 0 radical (unpaired) electrons. The lowest BCUT2D eigenvalue weighted by Crippen LogP contribution is -2.37. The molecule has 1 unspecified atom stereocenters. The number of carbonyl (C=O) groups excluding carboxylic acids is 2. The quantitative estimate of drug-likeness (QED) is 0.481. The van der Waals surface area contributed by atoms with Crippen molar-refractivity contribution in [1.82, 2.24) is 20.2 Å². The number of nitrogens with zero attached hydrogens (tertiary/aromatic N) is 2. The third-order valence-corrected chi connectivity index (χ3v) is 4.20. The fourth-order valence-corrected chi connectivity index (χ4v) is 2.77. The Kier molecular flexibility index (Phi) is 6.93. The highest BCUT2D eigenvalue weighted by Gasteiger charge is 2.30. The maximum absolute atomic E-state index is 12.1. The summed E-state index contributed by atoms with van der Waals surface area (Å²) >= 11 is 0. The molecular formula is C16H24N4O5. The second-order valence-corrected chi connectivity index (χ2v) is 6.06. The van der Waals surface area contributed by atoms with Gasteiger partial charge in [0.15, 0.2) is 0 Å². The standard InChI is InChI=1S/C15H22N4O3.CH2O2/c1-22-7-6-16-14(20)10-2-5-12-13(17-9-19(12)8-10)15(21)18-11-3-4-11;2-1-3/h9-11H,2-8H2,1H3,(H,16,20)(H,18,21);1H,(H,2,3). The van der Waals surface area contributed by atoms with E-state index in [0.717, 1.165) is 25.0 Å². The summed E-state index contributed by atoms with van der Waals surface area (Å²) in [4.78, 5) is 36.8. The van der Waals surface area contributed by atoms with Crippen molar-refractivity contribution < 1.29 is 24.2 Å². The van der Waals surface area contributed by atoms with E-state index in [0.29, 0.717) is 37.9 Å². The lowest BCUT2D eigenvalue weighted by molar-refractivity contribution is -0.126. The Hall–Kier alpha value is -2.42. The van der Waals surface area contributed by atoms with Crippen LogP contribution in [0.5, 0.6) is 0 Å². The molecule has 3 rings (SSSR count). The lowest BCUT2D eigenvalue weighted by Gasteiger charge is -2.23. The number of fused-ring (bicyclic) bond motifs is 1. The molecule has 0 aromatic carbocycles. The van der Waals surface area contributed by atoms with Crippen LogP contribution in [-0.4, -0.2) is 59.2 Å². The fourth-order valence-electron chi connectivity index (χ4n) is 2.77. The van der Waals surface area contributed by atoms with Gasteiger partial charge in [-0.1, -0.05) is 0 Å². The van der Waals surface area contributed by atoms with Gasteiger partial charge in [-0.2, -0.15) is 0 Å². The van der Waals surface area contributed by atoms with Crippen molar-refractivity contribution in [3.8, 4) is 0 Å². The SMILES string of the molecule is COCCNC(=O)C1CCc2c(C(=O)NC3CC3)ncn2C1.O=CO. The zero-order chi connectivity index (χ0) is 18.2. The van der Waals surface area contributed by atoms with Gasteiger partial charge in [-0.15, -0.1) is 0 Å². The monoisotopic (exact) mass is 352 g/mol. The van der Waals surface area contributed by atoms with Crippen LogP contribution in [0.4, 0.5) is 0 Å². The van der Waals surface area contributed by atoms with Crippen molar-refractivity contribution in [2.75, 3.05) is 20.3 Å². The van der Waals surface area contributed by atoms with E-state index < -0.39 is 0 Å². The van der Waals surface area contributed by atoms with Crippen LogP contribution in [0.3, 0.4) is 0 Å². The minimum absolute atomic E-state index is 0.0420. The summed E-state index contributed by atoms with van der Waals surface area (Å²) < 4.78 is 6.86. The van der Waals surface area contributed by atoms with Crippen LogP contribution in [0.15, 0.2) is 6.33 Å². The Balaban J connectivity index is 0.000000701. The van der Waals surface area contributed by atoms with Gasteiger partial charge in [-0.05, 0) is 25.7 Å². The smallest absolute Gasteiger partial charge is 0.290 e. The molecule has 1 atom stereocenters. The molecule has 138 valence electrons. The van der Waals surface area contributed by atoms with Crippen molar-refractivity contribution in [1.29, 1.82) is 0 Å². The molecule has 9 nitrogen and oxygen atoms in total. The Labute approximate surface area is 145 Å². The maximum Gasteiger partial charge on any atom is 0.290 e. The van der Waals surface area contributed by atoms with Crippen LogP contribution in [0.1, 0.15) is 35.4 Å². The van der Waals surface area contributed by atoms with E-state index in [9.17, 15) is 9.59 Å². The molecule has 0 saturated heterocycles. The van der Waals surface area contributed by atoms with Crippen molar-refractivity contribution in [3.05, 3.63) is 17.7 Å². The van der Waals surface area contributed by atoms with E-state index in [4.69, 9.17) is 14.6 Å². The number of ether oxygens (including phenoxy) is 1. The van der Waals surface area contributed by atoms with Gasteiger partial charge in [0.25, 0.3) is 12.4 Å². The number of amides is 2. The largest absolute Gasteiger partial charge is 0.483 e. The van der Waals surface area contributed by atoms with E-state index in [-0.39, 0.29) is 24.2 Å². The van der Waals surface area contributed by atoms with Gasteiger partial charge in [0.1, 0.15) is 5.69 Å². The van der Waals surface area contributed by atoms with Crippen LogP contribution in [-0.2, 0) is 27.3 Å². The summed E-state index contributed by atoms with van der Waals surface area (Å²) in [5, 5.41) is 12.7. The maximum atomic E-state index is 12.1. The number of hydrogen-bond donors (Lipinski definition) is 3. The number of carboxylic acid groups (broad SMARTS) is 1. The minimum Gasteiger partial charge on any atom is -0.483 e. The van der Waals surface area contributed by atoms with Gasteiger partial charge >= 0.3 is 0 Å². The predicted octanol–water partition coefficient (Wildman–Crippen LogP) is -0.199. The third-order valence-electron chi connectivity index (χ3n) is 4.20. The van der Waals surface area contributed by atoms with E-state index in [1.54, 1.807) is 13.4 Å². The first-order chi connectivity index (χ1) is 12.1. The van der Waals surface area contributed by atoms with Crippen LogP contribution in [0.25, 0.3) is 0 Å². The van der Waals surface area contributed by atoms with Gasteiger partial charge in [0, 0.05) is 26.2 Å². The summed E-state index contributed by atoms with van der Waals surface area (Å²) in [5.74, 6) is -0.113. The first-order valence-corrected chi connectivity index (χ1v) is 8.30. The van der Waals surface area contributed by atoms with Crippen LogP contribution >= 0.6 is 0 Å². The molecule has 2 heterocycles. The number of nitrogens with one attached hydrogen (secondary N) is 2. The number of methoxy groups -OCH3 is 1. The molecule has 25 heavy (non-hydrogen) atoms. The van der Waals surface area contributed by atoms with Gasteiger partial charge in [-0.3, -0.25) is 14.4 Å². The van der Waals surface area contributed by atoms with E-state index in [1.807, 2.05) is 4.57 Å². The first kappa shape index (κ1) is 18.9. The fraction of sp³-hybridized carbons (Fsp3) is 0.625. The second-order valence-electron chi connectivity index (χ2n) is 6.06. The van der Waals surface area contributed by atoms with Crippen LogP contribution in [0.2, 0.25) is 0 Å². The molecule has 1 aliphatic carbocycles. The molecule has 1 fully saturated rings. The number of carbonyl (C=O) groups is 3. The predicted molar refractivity (Wildman–Crippen MR) is 88.1 cm³/mol. The van der Waals surface area contributed by atoms with Crippen molar-refractivity contribution in [3.63, 3.8) is 0 Å². The van der Waals surface area contributed by atoms with E-state index in [1.165, 1.54) is 0 Å². The van der Waals surface area contributed by atoms with E-state index >= 15 is 0 Å². The molecule has 0 spiro atoms. The van der Waals surface area contributed by atoms with Gasteiger partial charge in [-0.25, -0.2) is 4.98 Å². The number of aromatic nitrogens is 2. The lowest BCUT2D eigenvalue weighted by atomic mass is 9.96. The average molecular weight is 352 g/mol. The summed E-state index contributed by atoms with van der Waals surface area (Å²) in [7, 11) is 1.61. The molecule has 1 saturated carbocycles. The van der Waals surface area contributed by atoms with Gasteiger partial charge in [0.05, 0.1) is 24.5 Å². The summed E-state index contributed by atoms with van der Waals surface area (Å²) in [5.41, 5.74) is 1.46. The summed E-state index contributed by atoms with van der Waals surface area (Å²) in [6, 6.07) is 0.327. The minimum atomic E-state index is -0.250. The van der Waals surface area contributed by atoms with Crippen LogP contribution < -0.4 is 10.6 Å². The molecule has 2 amide bonds. The van der Waals surface area contributed by atoms with Crippen molar-refractivity contribution in [2.24, 2.45) is 5.92 Å². The van der Waals surface area contributed by atoms with Crippen LogP contribution in [0, 0.1) is 5.92 Å². The Morgan fingerprint density at radius 1 is 1.44 bits per heavy atom. The van der Waals surface area contributed by atoms with Gasteiger partial charge in [0.2, 0.25) is 5.91 Å². The average Bonchev–Trinajstić information content (AvgIpc) is 3.30. The molecular weight excluding hydrogens is 328 g/mol. The highest BCUT2D eigenvalue weighted by Crippen LogP contribution is 2.24. The van der Waals surface area contributed by atoms with Crippen molar-refractivity contribution >= 4 is 18.3 Å². The highest BCUT2D eigenvalue weighted by atomic mass is 16.5. The molecule has 1 aromatic rings. The third kappa shape index (κ3) is 5.28. The topological polar surface area (TPSA) is 123 Å². The number of imidazole rings is 1. The number of hydrogen-bond acceptors (Lipinski definition) is 5.